The lowest BCUT2D eigenvalue weighted by Gasteiger charge is -2.25. The highest BCUT2D eigenvalue weighted by molar-refractivity contribution is 4.73. The van der Waals surface area contributed by atoms with E-state index in [0.29, 0.717) is 18.2 Å². The molecule has 1 aliphatic heterocycles. The van der Waals surface area contributed by atoms with E-state index in [-0.39, 0.29) is 6.10 Å². The Hall–Kier alpha value is -0.160. The van der Waals surface area contributed by atoms with Crippen LogP contribution in [0.3, 0.4) is 0 Å². The van der Waals surface area contributed by atoms with Crippen molar-refractivity contribution >= 4 is 0 Å². The van der Waals surface area contributed by atoms with Gasteiger partial charge in [0.2, 0.25) is 0 Å². The molecule has 0 spiro atoms. The summed E-state index contributed by atoms with van der Waals surface area (Å²) in [5, 5.41) is 3.46. The van der Waals surface area contributed by atoms with Crippen molar-refractivity contribution in [2.75, 3.05) is 26.9 Å². The molecule has 1 fully saturated rings. The average Bonchev–Trinajstić information content (AvgIpc) is 2.78. The second-order valence-corrected chi connectivity index (χ2v) is 4.62. The first-order valence-electron chi connectivity index (χ1n) is 6.11. The van der Waals surface area contributed by atoms with Crippen LogP contribution in [0.5, 0.6) is 0 Å². The molecule has 1 aliphatic rings. The molecule has 0 saturated carbocycles. The number of hydrogen-bond donors (Lipinski definition) is 1. The van der Waals surface area contributed by atoms with Crippen LogP contribution in [0.2, 0.25) is 0 Å². The van der Waals surface area contributed by atoms with E-state index in [1.165, 1.54) is 0 Å². The highest BCUT2D eigenvalue weighted by atomic mass is 16.5. The summed E-state index contributed by atoms with van der Waals surface area (Å²) in [6.45, 7) is 8.64. The van der Waals surface area contributed by atoms with Gasteiger partial charge in [0.05, 0.1) is 25.4 Å². The predicted molar refractivity (Wildman–Crippen MR) is 63.7 cm³/mol. The lowest BCUT2D eigenvalue weighted by molar-refractivity contribution is 0.0244. The summed E-state index contributed by atoms with van der Waals surface area (Å²) in [5.41, 5.74) is 0. The van der Waals surface area contributed by atoms with Gasteiger partial charge in [0, 0.05) is 25.8 Å². The molecule has 0 aliphatic carbocycles. The van der Waals surface area contributed by atoms with Crippen LogP contribution in [-0.4, -0.2) is 51.2 Å². The Morgan fingerprint density at radius 2 is 2.12 bits per heavy atom. The third-order valence-corrected chi connectivity index (χ3v) is 3.09. The summed E-state index contributed by atoms with van der Waals surface area (Å²) >= 11 is 0. The van der Waals surface area contributed by atoms with Crippen LogP contribution >= 0.6 is 0 Å². The molecule has 4 heteroatoms. The maximum absolute atomic E-state index is 5.75. The van der Waals surface area contributed by atoms with Gasteiger partial charge in [-0.3, -0.25) is 0 Å². The number of rotatable bonds is 7. The van der Waals surface area contributed by atoms with Gasteiger partial charge in [0.15, 0.2) is 0 Å². The summed E-state index contributed by atoms with van der Waals surface area (Å²) in [5.74, 6) is 0. The van der Waals surface area contributed by atoms with Crippen molar-refractivity contribution in [2.24, 2.45) is 0 Å². The van der Waals surface area contributed by atoms with Crippen molar-refractivity contribution in [3.63, 3.8) is 0 Å². The van der Waals surface area contributed by atoms with E-state index in [1.54, 1.807) is 7.11 Å². The van der Waals surface area contributed by atoms with Crippen LogP contribution in [0.25, 0.3) is 0 Å². The smallest absolute Gasteiger partial charge is 0.0831 e. The van der Waals surface area contributed by atoms with E-state index in [2.05, 4.69) is 26.1 Å². The zero-order valence-electron chi connectivity index (χ0n) is 10.9. The Bertz CT molecular complexity index is 183. The first-order chi connectivity index (χ1) is 7.63. The van der Waals surface area contributed by atoms with Crippen molar-refractivity contribution in [1.29, 1.82) is 0 Å². The normalized spacial score (nSPS) is 26.6. The lowest BCUT2D eigenvalue weighted by atomic mass is 10.2. The molecule has 1 rings (SSSR count). The van der Waals surface area contributed by atoms with Crippen molar-refractivity contribution in [3.8, 4) is 0 Å². The van der Waals surface area contributed by atoms with Crippen LogP contribution in [-0.2, 0) is 14.2 Å². The van der Waals surface area contributed by atoms with Crippen LogP contribution in [0.15, 0.2) is 0 Å². The summed E-state index contributed by atoms with van der Waals surface area (Å²) in [4.78, 5) is 0. The molecular weight excluding hydrogens is 206 g/mol. The summed E-state index contributed by atoms with van der Waals surface area (Å²) in [7, 11) is 1.74. The Labute approximate surface area is 98.6 Å². The molecule has 0 aromatic heterocycles. The van der Waals surface area contributed by atoms with Crippen molar-refractivity contribution in [1.82, 2.24) is 5.32 Å². The van der Waals surface area contributed by atoms with Crippen LogP contribution in [0.1, 0.15) is 27.2 Å². The predicted octanol–water partition coefficient (Wildman–Crippen LogP) is 1.19. The van der Waals surface area contributed by atoms with Gasteiger partial charge < -0.3 is 19.5 Å². The van der Waals surface area contributed by atoms with Gasteiger partial charge >= 0.3 is 0 Å². The Morgan fingerprint density at radius 3 is 2.69 bits per heavy atom. The molecule has 16 heavy (non-hydrogen) atoms. The quantitative estimate of drug-likeness (QED) is 0.714. The molecule has 0 radical (unpaired) electrons. The first kappa shape index (κ1) is 13.9. The molecule has 1 saturated heterocycles. The van der Waals surface area contributed by atoms with Gasteiger partial charge in [-0.25, -0.2) is 0 Å². The fourth-order valence-corrected chi connectivity index (χ4v) is 1.76. The second-order valence-electron chi connectivity index (χ2n) is 4.62. The maximum atomic E-state index is 5.75. The van der Waals surface area contributed by atoms with Gasteiger partial charge in [-0.1, -0.05) is 0 Å². The molecule has 1 N–H and O–H groups in total. The van der Waals surface area contributed by atoms with E-state index >= 15 is 0 Å². The molecule has 1 heterocycles. The monoisotopic (exact) mass is 231 g/mol. The second kappa shape index (κ2) is 7.22. The minimum Gasteiger partial charge on any atom is -0.380 e. The molecule has 0 amide bonds. The van der Waals surface area contributed by atoms with Crippen molar-refractivity contribution in [3.05, 3.63) is 0 Å². The maximum Gasteiger partial charge on any atom is 0.0831 e. The SMILES string of the molecule is COC(C)C(C)NC(C)COC1CCOC1. The van der Waals surface area contributed by atoms with Gasteiger partial charge in [0.1, 0.15) is 0 Å². The van der Waals surface area contributed by atoms with E-state index in [0.717, 1.165) is 26.2 Å². The topological polar surface area (TPSA) is 39.7 Å². The standard InChI is InChI=1S/C12H25NO3/c1-9(13-10(2)11(3)14-4)7-16-12-5-6-15-8-12/h9-13H,5-8H2,1-4H3. The largest absolute Gasteiger partial charge is 0.380 e. The Kier molecular flexibility index (Phi) is 6.28. The third-order valence-electron chi connectivity index (χ3n) is 3.09. The van der Waals surface area contributed by atoms with Gasteiger partial charge in [-0.2, -0.15) is 0 Å². The third kappa shape index (κ3) is 4.78. The van der Waals surface area contributed by atoms with Gasteiger partial charge in [0.25, 0.3) is 0 Å². The van der Waals surface area contributed by atoms with E-state index < -0.39 is 0 Å². The molecule has 0 aromatic carbocycles. The molecule has 0 bridgehead atoms. The van der Waals surface area contributed by atoms with Crippen LogP contribution in [0.4, 0.5) is 0 Å². The fraction of sp³-hybridized carbons (Fsp3) is 1.00. The van der Waals surface area contributed by atoms with Gasteiger partial charge in [-0.05, 0) is 27.2 Å². The molecule has 4 unspecified atom stereocenters. The van der Waals surface area contributed by atoms with E-state index in [9.17, 15) is 0 Å². The highest BCUT2D eigenvalue weighted by Gasteiger charge is 2.18. The summed E-state index contributed by atoms with van der Waals surface area (Å²) < 4.78 is 16.3. The highest BCUT2D eigenvalue weighted by Crippen LogP contribution is 2.08. The summed E-state index contributed by atoms with van der Waals surface area (Å²) in [6.07, 6.45) is 1.54. The summed E-state index contributed by atoms with van der Waals surface area (Å²) in [6, 6.07) is 0.677. The van der Waals surface area contributed by atoms with Crippen LogP contribution < -0.4 is 5.32 Å². The van der Waals surface area contributed by atoms with Crippen molar-refractivity contribution in [2.45, 2.75) is 51.5 Å². The zero-order chi connectivity index (χ0) is 12.0. The minimum atomic E-state index is 0.220. The lowest BCUT2D eigenvalue weighted by Crippen LogP contribution is -2.44. The van der Waals surface area contributed by atoms with E-state index in [1.807, 2.05) is 0 Å². The molecule has 4 nitrogen and oxygen atoms in total. The minimum absolute atomic E-state index is 0.220. The number of hydrogen-bond acceptors (Lipinski definition) is 4. The van der Waals surface area contributed by atoms with Crippen molar-refractivity contribution < 1.29 is 14.2 Å². The molecular formula is C12H25NO3. The zero-order valence-corrected chi connectivity index (χ0v) is 10.9. The molecule has 4 atom stereocenters. The molecule has 0 aromatic rings. The number of methoxy groups -OCH3 is 1. The van der Waals surface area contributed by atoms with Crippen LogP contribution in [0, 0.1) is 0 Å². The average molecular weight is 231 g/mol. The Morgan fingerprint density at radius 1 is 1.38 bits per heavy atom. The van der Waals surface area contributed by atoms with Gasteiger partial charge in [-0.15, -0.1) is 0 Å². The van der Waals surface area contributed by atoms with E-state index in [4.69, 9.17) is 14.2 Å². The Balaban J connectivity index is 2.11. The first-order valence-corrected chi connectivity index (χ1v) is 6.11. The number of nitrogens with one attached hydrogen (secondary N) is 1. The fourth-order valence-electron chi connectivity index (χ4n) is 1.76. The molecule has 96 valence electrons. The number of ether oxygens (including phenoxy) is 3.